The van der Waals surface area contributed by atoms with Crippen LogP contribution < -0.4 is 5.73 Å². The molecule has 1 heteroatoms. The van der Waals surface area contributed by atoms with Crippen molar-refractivity contribution in [2.75, 3.05) is 0 Å². The van der Waals surface area contributed by atoms with Gasteiger partial charge in [-0.25, -0.2) is 0 Å². The lowest BCUT2D eigenvalue weighted by molar-refractivity contribution is 0.316. The molecule has 3 aliphatic rings. The smallest absolute Gasteiger partial charge is 0.0215 e. The van der Waals surface area contributed by atoms with Gasteiger partial charge in [0.15, 0.2) is 0 Å². The van der Waals surface area contributed by atoms with Crippen molar-refractivity contribution in [2.24, 2.45) is 23.0 Å². The molecule has 0 aliphatic heterocycles. The second-order valence-corrected chi connectivity index (χ2v) is 5.13. The predicted molar refractivity (Wildman–Crippen MR) is 45.1 cm³/mol. The zero-order chi connectivity index (χ0) is 7.69. The van der Waals surface area contributed by atoms with Gasteiger partial charge in [0, 0.05) is 5.54 Å². The van der Waals surface area contributed by atoms with Crippen LogP contribution in [0.4, 0.5) is 0 Å². The predicted octanol–water partition coefficient (Wildman–Crippen LogP) is 1.91. The zero-order valence-corrected chi connectivity index (χ0v) is 7.27. The van der Waals surface area contributed by atoms with Crippen molar-refractivity contribution in [3.63, 3.8) is 0 Å². The van der Waals surface area contributed by atoms with Gasteiger partial charge >= 0.3 is 0 Å². The van der Waals surface area contributed by atoms with Crippen LogP contribution in [0.3, 0.4) is 0 Å². The largest absolute Gasteiger partial charge is 0.325 e. The molecule has 3 rings (SSSR count). The highest BCUT2D eigenvalue weighted by Crippen LogP contribution is 2.73. The fourth-order valence-corrected chi connectivity index (χ4v) is 3.10. The third kappa shape index (κ3) is 0.658. The molecule has 0 spiro atoms. The van der Waals surface area contributed by atoms with Gasteiger partial charge in [-0.05, 0) is 49.4 Å². The van der Waals surface area contributed by atoms with Gasteiger partial charge in [0.1, 0.15) is 0 Å². The van der Waals surface area contributed by atoms with E-state index in [0.29, 0.717) is 11.0 Å². The molecule has 2 unspecified atom stereocenters. The van der Waals surface area contributed by atoms with Crippen molar-refractivity contribution in [1.82, 2.24) is 0 Å². The molecule has 0 saturated heterocycles. The quantitative estimate of drug-likeness (QED) is 0.641. The summed E-state index contributed by atoms with van der Waals surface area (Å²) in [6, 6.07) is 0. The second-order valence-electron chi connectivity index (χ2n) is 5.13. The van der Waals surface area contributed by atoms with Crippen molar-refractivity contribution >= 4 is 0 Å². The summed E-state index contributed by atoms with van der Waals surface area (Å²) in [6.45, 7) is 2.39. The summed E-state index contributed by atoms with van der Waals surface area (Å²) in [5, 5.41) is 0. The lowest BCUT2D eigenvalue weighted by atomic mass is 9.88. The Labute approximate surface area is 68.3 Å². The maximum atomic E-state index is 6.29. The van der Waals surface area contributed by atoms with Crippen molar-refractivity contribution in [3.05, 3.63) is 0 Å². The Bertz CT molecular complexity index is 201. The SMILES string of the molecule is CC1CC1C1(C2(N)CC2)CC1. The summed E-state index contributed by atoms with van der Waals surface area (Å²) in [6.07, 6.45) is 6.99. The highest BCUT2D eigenvalue weighted by atomic mass is 14.9. The first-order valence-corrected chi connectivity index (χ1v) is 4.97. The van der Waals surface area contributed by atoms with Crippen LogP contribution in [0.1, 0.15) is 39.0 Å². The normalized spacial score (nSPS) is 48.5. The van der Waals surface area contributed by atoms with Crippen molar-refractivity contribution in [1.29, 1.82) is 0 Å². The first kappa shape index (κ1) is 6.47. The van der Waals surface area contributed by atoms with Gasteiger partial charge in [0.2, 0.25) is 0 Å². The van der Waals surface area contributed by atoms with E-state index in [-0.39, 0.29) is 0 Å². The molecule has 62 valence electrons. The molecule has 1 nitrogen and oxygen atoms in total. The Morgan fingerprint density at radius 2 is 1.73 bits per heavy atom. The Kier molecular flexibility index (Phi) is 0.893. The number of hydrogen-bond acceptors (Lipinski definition) is 1. The van der Waals surface area contributed by atoms with Gasteiger partial charge in [0.05, 0.1) is 0 Å². The van der Waals surface area contributed by atoms with Gasteiger partial charge in [-0.2, -0.15) is 0 Å². The molecule has 0 bridgehead atoms. The number of hydrogen-bond donors (Lipinski definition) is 1. The average Bonchev–Trinajstić information content (AvgIpc) is 2.59. The number of rotatable bonds is 2. The van der Waals surface area contributed by atoms with Crippen LogP contribution in [-0.4, -0.2) is 5.54 Å². The molecule has 0 aromatic rings. The van der Waals surface area contributed by atoms with E-state index in [1.165, 1.54) is 32.1 Å². The molecule has 0 aromatic carbocycles. The van der Waals surface area contributed by atoms with Crippen LogP contribution in [0.15, 0.2) is 0 Å². The molecule has 2 atom stereocenters. The first-order valence-electron chi connectivity index (χ1n) is 4.97. The average molecular weight is 151 g/mol. The molecular weight excluding hydrogens is 134 g/mol. The molecule has 3 saturated carbocycles. The summed E-state index contributed by atoms with van der Waals surface area (Å²) in [7, 11) is 0. The van der Waals surface area contributed by atoms with Gasteiger partial charge in [-0.1, -0.05) is 6.92 Å². The lowest BCUT2D eigenvalue weighted by Crippen LogP contribution is -2.35. The van der Waals surface area contributed by atoms with E-state index in [1.807, 2.05) is 0 Å². The third-order valence-electron chi connectivity index (χ3n) is 4.39. The molecule has 0 amide bonds. The van der Waals surface area contributed by atoms with Crippen LogP contribution in [0, 0.1) is 17.3 Å². The minimum absolute atomic E-state index is 0.322. The molecule has 0 aromatic heterocycles. The molecule has 11 heavy (non-hydrogen) atoms. The zero-order valence-electron chi connectivity index (χ0n) is 7.27. The fraction of sp³-hybridized carbons (Fsp3) is 1.00. The maximum absolute atomic E-state index is 6.29. The first-order chi connectivity index (χ1) is 5.18. The van der Waals surface area contributed by atoms with Gasteiger partial charge in [-0.3, -0.25) is 0 Å². The molecule has 3 fully saturated rings. The van der Waals surface area contributed by atoms with E-state index in [0.717, 1.165) is 11.8 Å². The monoisotopic (exact) mass is 151 g/mol. The van der Waals surface area contributed by atoms with E-state index >= 15 is 0 Å². The van der Waals surface area contributed by atoms with Crippen LogP contribution in [0.5, 0.6) is 0 Å². The second kappa shape index (κ2) is 1.52. The van der Waals surface area contributed by atoms with Crippen LogP contribution in [0.2, 0.25) is 0 Å². The number of nitrogens with two attached hydrogens (primary N) is 1. The highest BCUT2D eigenvalue weighted by Gasteiger charge is 2.70. The van der Waals surface area contributed by atoms with Crippen LogP contribution in [0.25, 0.3) is 0 Å². The highest BCUT2D eigenvalue weighted by molar-refractivity contribution is 5.24. The van der Waals surface area contributed by atoms with Crippen molar-refractivity contribution in [2.45, 2.75) is 44.6 Å². The topological polar surface area (TPSA) is 26.0 Å². The van der Waals surface area contributed by atoms with Gasteiger partial charge in [-0.15, -0.1) is 0 Å². The molecule has 3 aliphatic carbocycles. The Balaban J connectivity index is 1.84. The minimum atomic E-state index is 0.322. The lowest BCUT2D eigenvalue weighted by Gasteiger charge is -2.22. The maximum Gasteiger partial charge on any atom is 0.0215 e. The molecule has 0 heterocycles. The summed E-state index contributed by atoms with van der Waals surface area (Å²) >= 11 is 0. The Hall–Kier alpha value is -0.0400. The standard InChI is InChI=1S/C10H17N/c1-7-6-8(7)9(2-3-9)10(11)4-5-10/h7-8H,2-6,11H2,1H3. The van der Waals surface area contributed by atoms with E-state index in [1.54, 1.807) is 0 Å². The van der Waals surface area contributed by atoms with Crippen LogP contribution in [-0.2, 0) is 0 Å². The van der Waals surface area contributed by atoms with E-state index in [9.17, 15) is 0 Å². The van der Waals surface area contributed by atoms with E-state index < -0.39 is 0 Å². The summed E-state index contributed by atoms with van der Waals surface area (Å²) in [4.78, 5) is 0. The minimum Gasteiger partial charge on any atom is -0.325 e. The third-order valence-corrected chi connectivity index (χ3v) is 4.39. The summed E-state index contributed by atoms with van der Waals surface area (Å²) < 4.78 is 0. The van der Waals surface area contributed by atoms with Gasteiger partial charge < -0.3 is 5.73 Å². The Morgan fingerprint density at radius 1 is 1.18 bits per heavy atom. The van der Waals surface area contributed by atoms with E-state index in [2.05, 4.69) is 6.92 Å². The fourth-order valence-electron chi connectivity index (χ4n) is 3.10. The summed E-state index contributed by atoms with van der Waals surface area (Å²) in [5.74, 6) is 2.02. The Morgan fingerprint density at radius 3 is 2.00 bits per heavy atom. The molecular formula is C10H17N. The van der Waals surface area contributed by atoms with Gasteiger partial charge in [0.25, 0.3) is 0 Å². The molecule has 2 N–H and O–H groups in total. The summed E-state index contributed by atoms with van der Waals surface area (Å²) in [5.41, 5.74) is 7.27. The van der Waals surface area contributed by atoms with Crippen LogP contribution >= 0.6 is 0 Å². The molecule has 0 radical (unpaired) electrons. The van der Waals surface area contributed by atoms with Crippen molar-refractivity contribution < 1.29 is 0 Å². The van der Waals surface area contributed by atoms with E-state index in [4.69, 9.17) is 5.73 Å². The van der Waals surface area contributed by atoms with Crippen molar-refractivity contribution in [3.8, 4) is 0 Å².